The minimum atomic E-state index is 0.389. The molecule has 0 aliphatic heterocycles. The van der Waals surface area contributed by atoms with Gasteiger partial charge in [-0.25, -0.2) is 0 Å². The first-order valence-electron chi connectivity index (χ1n) is 10.3. The minimum Gasteiger partial charge on any atom is -0.498 e. The van der Waals surface area contributed by atoms with Crippen molar-refractivity contribution >= 4 is 0 Å². The molecule has 0 spiro atoms. The van der Waals surface area contributed by atoms with E-state index in [-0.39, 0.29) is 0 Å². The zero-order chi connectivity index (χ0) is 16.9. The van der Waals surface area contributed by atoms with E-state index in [4.69, 9.17) is 4.74 Å². The van der Waals surface area contributed by atoms with Gasteiger partial charge in [0.1, 0.15) is 0 Å². The molecule has 5 unspecified atom stereocenters. The molecule has 0 saturated heterocycles. The van der Waals surface area contributed by atoms with Crippen molar-refractivity contribution in [2.75, 3.05) is 6.61 Å². The van der Waals surface area contributed by atoms with Crippen LogP contribution < -0.4 is 0 Å². The quantitative estimate of drug-likeness (QED) is 0.543. The summed E-state index contributed by atoms with van der Waals surface area (Å²) in [7, 11) is 0. The van der Waals surface area contributed by atoms with Gasteiger partial charge in [-0.05, 0) is 85.7 Å². The van der Waals surface area contributed by atoms with E-state index in [1.165, 1.54) is 44.3 Å². The molecular weight excluding hydrogens is 292 g/mol. The van der Waals surface area contributed by atoms with Gasteiger partial charge in [0.25, 0.3) is 0 Å². The Morgan fingerprint density at radius 1 is 1.04 bits per heavy atom. The van der Waals surface area contributed by atoms with E-state index in [2.05, 4.69) is 45.9 Å². The largest absolute Gasteiger partial charge is 0.498 e. The van der Waals surface area contributed by atoms with Crippen LogP contribution in [0.5, 0.6) is 0 Å². The summed E-state index contributed by atoms with van der Waals surface area (Å²) in [4.78, 5) is 0. The molecule has 4 aliphatic rings. The third kappa shape index (κ3) is 2.19. The molecule has 0 amide bonds. The Bertz CT molecular complexity index is 610. The molecule has 0 aromatic carbocycles. The average molecular weight is 327 g/mol. The highest BCUT2D eigenvalue weighted by Gasteiger charge is 2.55. The number of ether oxygens (including phenoxy) is 1. The Labute approximate surface area is 148 Å². The fourth-order valence-corrected chi connectivity index (χ4v) is 6.80. The van der Waals surface area contributed by atoms with Crippen molar-refractivity contribution in [3.63, 3.8) is 0 Å². The van der Waals surface area contributed by atoms with Gasteiger partial charge in [0.15, 0.2) is 0 Å². The van der Waals surface area contributed by atoms with E-state index >= 15 is 0 Å². The molecule has 1 heteroatoms. The molecule has 1 fully saturated rings. The van der Waals surface area contributed by atoms with Crippen LogP contribution in [0.1, 0.15) is 72.6 Å². The zero-order valence-electron chi connectivity index (χ0n) is 16.0. The first-order chi connectivity index (χ1) is 11.5. The van der Waals surface area contributed by atoms with Crippen LogP contribution in [0.25, 0.3) is 0 Å². The van der Waals surface area contributed by atoms with Crippen molar-refractivity contribution in [2.45, 2.75) is 72.6 Å². The summed E-state index contributed by atoms with van der Waals surface area (Å²) in [5.41, 5.74) is 4.23. The highest BCUT2D eigenvalue weighted by molar-refractivity contribution is 5.37. The molecular formula is C23H34O. The molecule has 0 radical (unpaired) electrons. The molecule has 5 atom stereocenters. The van der Waals surface area contributed by atoms with Crippen LogP contribution in [0.2, 0.25) is 0 Å². The molecule has 4 aliphatic carbocycles. The van der Waals surface area contributed by atoms with Crippen LogP contribution in [-0.4, -0.2) is 6.61 Å². The number of allylic oxidation sites excluding steroid dienone is 6. The van der Waals surface area contributed by atoms with Crippen LogP contribution in [0.15, 0.2) is 35.1 Å². The molecule has 24 heavy (non-hydrogen) atoms. The van der Waals surface area contributed by atoms with E-state index in [1.807, 2.05) is 0 Å². The number of fused-ring (bicyclic) bond motifs is 5. The van der Waals surface area contributed by atoms with Gasteiger partial charge in [0.05, 0.1) is 12.4 Å². The lowest BCUT2D eigenvalue weighted by atomic mass is 9.48. The average Bonchev–Trinajstić information content (AvgIpc) is 2.92. The topological polar surface area (TPSA) is 9.23 Å². The summed E-state index contributed by atoms with van der Waals surface area (Å²) < 4.78 is 5.84. The van der Waals surface area contributed by atoms with Crippen LogP contribution >= 0.6 is 0 Å². The lowest BCUT2D eigenvalue weighted by molar-refractivity contribution is -0.0128. The lowest BCUT2D eigenvalue weighted by Crippen LogP contribution is -2.48. The summed E-state index contributed by atoms with van der Waals surface area (Å²) in [6.45, 7) is 10.4. The SMILES string of the molecule is CCOC1=CC2=CCC3C(CCC4(C)C(CC)=CCC34)C2(C)CC1. The molecule has 0 bridgehead atoms. The summed E-state index contributed by atoms with van der Waals surface area (Å²) in [6, 6.07) is 0. The fraction of sp³-hybridized carbons (Fsp3) is 0.739. The van der Waals surface area contributed by atoms with Gasteiger partial charge in [-0.15, -0.1) is 0 Å². The number of hydrogen-bond acceptors (Lipinski definition) is 1. The van der Waals surface area contributed by atoms with Gasteiger partial charge >= 0.3 is 0 Å². The van der Waals surface area contributed by atoms with E-state index in [0.29, 0.717) is 10.8 Å². The maximum Gasteiger partial charge on any atom is 0.0962 e. The first-order valence-corrected chi connectivity index (χ1v) is 10.3. The zero-order valence-corrected chi connectivity index (χ0v) is 16.0. The second-order valence-corrected chi connectivity index (χ2v) is 9.01. The Morgan fingerprint density at radius 2 is 1.88 bits per heavy atom. The third-order valence-corrected chi connectivity index (χ3v) is 8.18. The van der Waals surface area contributed by atoms with Crippen molar-refractivity contribution in [1.29, 1.82) is 0 Å². The Morgan fingerprint density at radius 3 is 2.62 bits per heavy atom. The number of hydrogen-bond donors (Lipinski definition) is 0. The smallest absolute Gasteiger partial charge is 0.0962 e. The predicted molar refractivity (Wildman–Crippen MR) is 101 cm³/mol. The molecule has 1 saturated carbocycles. The van der Waals surface area contributed by atoms with Crippen LogP contribution in [0, 0.1) is 28.6 Å². The van der Waals surface area contributed by atoms with Crippen molar-refractivity contribution in [2.24, 2.45) is 28.6 Å². The second-order valence-electron chi connectivity index (χ2n) is 9.01. The van der Waals surface area contributed by atoms with E-state index < -0.39 is 0 Å². The Hall–Kier alpha value is -0.980. The van der Waals surface area contributed by atoms with Crippen LogP contribution in [-0.2, 0) is 4.74 Å². The summed E-state index contributed by atoms with van der Waals surface area (Å²) in [6.07, 6.45) is 16.7. The van der Waals surface area contributed by atoms with Crippen LogP contribution in [0.3, 0.4) is 0 Å². The molecule has 0 heterocycles. The molecule has 4 rings (SSSR count). The summed E-state index contributed by atoms with van der Waals surface area (Å²) in [5, 5.41) is 0. The van der Waals surface area contributed by atoms with Gasteiger partial charge < -0.3 is 4.74 Å². The normalized spacial score (nSPS) is 43.8. The van der Waals surface area contributed by atoms with Gasteiger partial charge in [0.2, 0.25) is 0 Å². The van der Waals surface area contributed by atoms with E-state index in [1.54, 1.807) is 11.1 Å². The van der Waals surface area contributed by atoms with Crippen LogP contribution in [0.4, 0.5) is 0 Å². The van der Waals surface area contributed by atoms with E-state index in [9.17, 15) is 0 Å². The standard InChI is InChI=1S/C23H34O/c1-5-16-8-10-20-19-9-7-17-15-18(24-6-2)11-13-23(17,4)21(19)12-14-22(16,20)3/h7-8,15,19-21H,5-6,9-14H2,1-4H3. The predicted octanol–water partition coefficient (Wildman–Crippen LogP) is 6.43. The van der Waals surface area contributed by atoms with Gasteiger partial charge in [-0.3, -0.25) is 0 Å². The third-order valence-electron chi connectivity index (χ3n) is 8.18. The van der Waals surface area contributed by atoms with Gasteiger partial charge in [-0.2, -0.15) is 0 Å². The van der Waals surface area contributed by atoms with Crippen molar-refractivity contribution < 1.29 is 4.74 Å². The van der Waals surface area contributed by atoms with E-state index in [0.717, 1.165) is 30.8 Å². The Balaban J connectivity index is 1.65. The molecule has 1 nitrogen and oxygen atoms in total. The fourth-order valence-electron chi connectivity index (χ4n) is 6.80. The Kier molecular flexibility index (Phi) is 3.97. The molecule has 0 aromatic heterocycles. The lowest BCUT2D eigenvalue weighted by Gasteiger charge is -2.56. The highest BCUT2D eigenvalue weighted by Crippen LogP contribution is 2.64. The maximum absolute atomic E-state index is 5.84. The number of rotatable bonds is 3. The monoisotopic (exact) mass is 326 g/mol. The molecule has 0 N–H and O–H groups in total. The first kappa shape index (κ1) is 16.5. The van der Waals surface area contributed by atoms with Crippen molar-refractivity contribution in [1.82, 2.24) is 0 Å². The second kappa shape index (κ2) is 5.78. The van der Waals surface area contributed by atoms with Gasteiger partial charge in [0, 0.05) is 6.42 Å². The molecule has 132 valence electrons. The summed E-state index contributed by atoms with van der Waals surface area (Å²) >= 11 is 0. The van der Waals surface area contributed by atoms with Crippen molar-refractivity contribution in [3.8, 4) is 0 Å². The summed E-state index contributed by atoms with van der Waals surface area (Å²) in [5.74, 6) is 3.87. The maximum atomic E-state index is 5.84. The minimum absolute atomic E-state index is 0.389. The molecule has 0 aromatic rings. The van der Waals surface area contributed by atoms with Gasteiger partial charge in [-0.1, -0.05) is 38.5 Å². The highest BCUT2D eigenvalue weighted by atomic mass is 16.5. The van der Waals surface area contributed by atoms with Crippen molar-refractivity contribution in [3.05, 3.63) is 35.1 Å².